The fourth-order valence-corrected chi connectivity index (χ4v) is 8.36. The minimum Gasteiger partial charge on any atom is -0.489 e. The Balaban J connectivity index is 1.17. The number of benzene rings is 4. The number of fused-ring (bicyclic) bond motifs is 4. The lowest BCUT2D eigenvalue weighted by molar-refractivity contribution is -0.202. The molecule has 27 nitrogen and oxygen atoms in total. The van der Waals surface area contributed by atoms with E-state index in [0.717, 1.165) is 6.07 Å². The minimum absolute atomic E-state index is 0.0545. The Labute approximate surface area is 462 Å². The molecule has 30 heteroatoms. The van der Waals surface area contributed by atoms with Crippen molar-refractivity contribution in [3.8, 4) is 23.0 Å². The molecule has 2 aliphatic heterocycles. The van der Waals surface area contributed by atoms with Crippen LogP contribution in [-0.4, -0.2) is 162 Å². The van der Waals surface area contributed by atoms with Gasteiger partial charge in [0.2, 0.25) is 0 Å². The fourth-order valence-electron chi connectivity index (χ4n) is 8.36. The number of nitrogens with zero attached hydrogens (tertiary/aromatic N) is 4. The van der Waals surface area contributed by atoms with E-state index in [-0.39, 0.29) is 104 Å². The Kier molecular flexibility index (Phi) is 20.8. The van der Waals surface area contributed by atoms with Crippen LogP contribution in [0.1, 0.15) is 78.2 Å². The molecule has 436 valence electrons. The van der Waals surface area contributed by atoms with Crippen molar-refractivity contribution >= 4 is 76.9 Å². The zero-order valence-electron chi connectivity index (χ0n) is 43.1. The van der Waals surface area contributed by atoms with Crippen molar-refractivity contribution in [1.82, 2.24) is 9.80 Å². The smallest absolute Gasteiger partial charge is 0.489 e. The van der Waals surface area contributed by atoms with E-state index >= 15 is 0 Å². The molecule has 82 heavy (non-hydrogen) atoms. The molecule has 2 amide bonds. The number of ether oxygens (including phenoxy) is 7. The van der Waals surface area contributed by atoms with Crippen LogP contribution < -0.4 is 41.9 Å². The van der Waals surface area contributed by atoms with Gasteiger partial charge in [-0.2, -0.15) is 13.2 Å². The average Bonchev–Trinajstić information content (AvgIpc) is 3.34. The van der Waals surface area contributed by atoms with Gasteiger partial charge >= 0.3 is 48.0 Å². The quantitative estimate of drug-likeness (QED) is 0.0157. The van der Waals surface area contributed by atoms with E-state index in [0.29, 0.717) is 32.3 Å². The zero-order valence-corrected chi connectivity index (χ0v) is 43.1. The van der Waals surface area contributed by atoms with Crippen LogP contribution in [0.15, 0.2) is 82.8 Å². The molecule has 0 bridgehead atoms. The number of halogens is 3. The number of alkyl halides is 3. The van der Waals surface area contributed by atoms with E-state index in [1.165, 1.54) is 54.6 Å². The number of amides is 2. The number of carbonyl (C=O) groups is 9. The van der Waals surface area contributed by atoms with Crippen LogP contribution in [0.3, 0.4) is 0 Å². The summed E-state index contributed by atoms with van der Waals surface area (Å²) in [6, 6.07) is 12.1. The number of nitrogens with two attached hydrogens (primary N) is 4. The van der Waals surface area contributed by atoms with Crippen molar-refractivity contribution in [2.24, 2.45) is 32.9 Å². The Morgan fingerprint density at radius 3 is 1.43 bits per heavy atom. The van der Waals surface area contributed by atoms with Gasteiger partial charge in [-0.25, -0.2) is 34.0 Å². The molecule has 0 unspecified atom stereocenters. The molecule has 0 fully saturated rings. The maximum absolute atomic E-state index is 14.5. The lowest BCUT2D eigenvalue weighted by Gasteiger charge is -2.29. The third kappa shape index (κ3) is 16.4. The molecular formula is C52H53F3N8O19. The van der Waals surface area contributed by atoms with Gasteiger partial charge in [-0.05, 0) is 97.5 Å². The van der Waals surface area contributed by atoms with Crippen molar-refractivity contribution in [3.05, 3.63) is 106 Å². The highest BCUT2D eigenvalue weighted by molar-refractivity contribution is 6.03. The molecule has 2 atom stereocenters. The maximum atomic E-state index is 14.5. The van der Waals surface area contributed by atoms with Gasteiger partial charge in [0.25, 0.3) is 11.8 Å². The molecule has 0 saturated carbocycles. The van der Waals surface area contributed by atoms with Crippen LogP contribution in [0.2, 0.25) is 0 Å². The standard InChI is InChI=1S/C52H53F3N8O19/c53-52(54,55)49(75)82-40(66)26-36(46(71)72)63(44(68)34-8-2-10-38-42(34)79-18-4-6-28-24-30(61-51(58)59)12-14-32(28)48(74)81-38)16-20-77-22-21-76-19-15-62(35(45(69)70)25-39(64)65)43(67)33-7-1-9-37-41(33)78-17-3-5-27-23-29(60-50(56)57)11-13-31(27)47(73)80-37/h1-2,7-14,23-24,35-36H,3-6,15-22,25-26H2,(H,64,65)(H,69,70)(H,71,72)(H4,56,57,60)(H4,58,59,61)/t35-,36-/m1/s1. The fraction of sp³-hybridized carbons (Fsp3) is 0.327. The summed E-state index contributed by atoms with van der Waals surface area (Å²) in [5, 5.41) is 30.1. The number of hydrogen-bond donors (Lipinski definition) is 7. The van der Waals surface area contributed by atoms with Gasteiger partial charge in [0.15, 0.2) is 34.9 Å². The number of aryl methyl sites for hydroxylation is 2. The Morgan fingerprint density at radius 1 is 0.610 bits per heavy atom. The second-order valence-electron chi connectivity index (χ2n) is 17.7. The number of carboxylic acids is 3. The van der Waals surface area contributed by atoms with Crippen molar-refractivity contribution in [2.75, 3.05) is 52.7 Å². The average molecular weight is 1150 g/mol. The maximum Gasteiger partial charge on any atom is 0.491 e. The molecule has 0 saturated heterocycles. The molecule has 11 N–H and O–H groups in total. The number of aliphatic imine (C=N–C) groups is 2. The molecule has 6 rings (SSSR count). The Hall–Kier alpha value is -9.84. The molecule has 4 aromatic rings. The van der Waals surface area contributed by atoms with Gasteiger partial charge in [-0.15, -0.1) is 0 Å². The van der Waals surface area contributed by atoms with Gasteiger partial charge < -0.3 is 81.2 Å². The van der Waals surface area contributed by atoms with Crippen molar-refractivity contribution in [1.29, 1.82) is 0 Å². The first-order chi connectivity index (χ1) is 38.9. The topological polar surface area (TPSA) is 414 Å². The largest absolute Gasteiger partial charge is 0.491 e. The highest BCUT2D eigenvalue weighted by Gasteiger charge is 2.44. The number of carboxylic acid groups (broad SMARTS) is 3. The zero-order chi connectivity index (χ0) is 59.8. The van der Waals surface area contributed by atoms with Crippen molar-refractivity contribution in [3.63, 3.8) is 0 Å². The van der Waals surface area contributed by atoms with E-state index < -0.39 is 117 Å². The first-order valence-corrected chi connectivity index (χ1v) is 24.6. The van der Waals surface area contributed by atoms with Gasteiger partial charge in [0.1, 0.15) is 12.1 Å². The van der Waals surface area contributed by atoms with Crippen LogP contribution in [0.4, 0.5) is 24.5 Å². The summed E-state index contributed by atoms with van der Waals surface area (Å²) in [4.78, 5) is 126. The lowest BCUT2D eigenvalue weighted by atomic mass is 10.0. The predicted octanol–water partition coefficient (Wildman–Crippen LogP) is 2.61. The second kappa shape index (κ2) is 27.8. The Bertz CT molecular complexity index is 3180. The summed E-state index contributed by atoms with van der Waals surface area (Å²) in [7, 11) is 0. The first-order valence-electron chi connectivity index (χ1n) is 24.6. The third-order valence-corrected chi connectivity index (χ3v) is 12.0. The summed E-state index contributed by atoms with van der Waals surface area (Å²) in [6.07, 6.45) is -7.26. The number of hydrogen-bond acceptors (Lipinski definition) is 18. The molecule has 0 spiro atoms. The van der Waals surface area contributed by atoms with E-state index in [2.05, 4.69) is 14.7 Å². The van der Waals surface area contributed by atoms with Crippen molar-refractivity contribution < 1.29 is 105 Å². The van der Waals surface area contributed by atoms with Crippen LogP contribution in [0, 0.1) is 0 Å². The third-order valence-electron chi connectivity index (χ3n) is 12.0. The highest BCUT2D eigenvalue weighted by atomic mass is 19.4. The van der Waals surface area contributed by atoms with Gasteiger partial charge in [-0.1, -0.05) is 12.1 Å². The molecule has 2 aliphatic rings. The number of para-hydroxylation sites is 2. The van der Waals surface area contributed by atoms with Gasteiger partial charge in [0.05, 0.1) is 86.1 Å². The highest BCUT2D eigenvalue weighted by Crippen LogP contribution is 2.37. The number of carbonyl (C=O) groups excluding carboxylic acids is 6. The molecule has 0 radical (unpaired) electrons. The first kappa shape index (κ1) is 61.4. The monoisotopic (exact) mass is 1150 g/mol. The summed E-state index contributed by atoms with van der Waals surface area (Å²) in [6.45, 7) is -3.30. The van der Waals surface area contributed by atoms with E-state index in [9.17, 15) is 71.6 Å². The molecule has 0 aliphatic carbocycles. The van der Waals surface area contributed by atoms with Crippen LogP contribution in [0.5, 0.6) is 23.0 Å². The SMILES string of the molecule is NC(N)=Nc1ccc2c(c1)CCCOc1c(cccc1C(=O)N(CCOCCOCCN(C(=O)c1cccc3c1OCCCc1cc(N=C(N)N)ccc1C(=O)O3)[C@H](CC(=O)OC(=O)C(F)(F)F)C(=O)O)[C@H](CC(=O)O)C(=O)O)OC2=O. The Morgan fingerprint density at radius 2 is 1.04 bits per heavy atom. The minimum atomic E-state index is -5.65. The number of esters is 4. The molecule has 2 heterocycles. The summed E-state index contributed by atoms with van der Waals surface area (Å²) >= 11 is 0. The lowest BCUT2D eigenvalue weighted by Crippen LogP contribution is -2.48. The summed E-state index contributed by atoms with van der Waals surface area (Å²) < 4.78 is 77.3. The summed E-state index contributed by atoms with van der Waals surface area (Å²) in [5.41, 5.74) is 23.2. The number of aliphatic carboxylic acids is 3. The van der Waals surface area contributed by atoms with E-state index in [4.69, 9.17) is 51.4 Å². The number of guanidine groups is 2. The molecule has 4 aromatic carbocycles. The summed E-state index contributed by atoms with van der Waals surface area (Å²) in [5.74, 6) is -15.9. The van der Waals surface area contributed by atoms with E-state index in [1.807, 2.05) is 0 Å². The van der Waals surface area contributed by atoms with Crippen LogP contribution in [-0.2, 0) is 51.0 Å². The van der Waals surface area contributed by atoms with Gasteiger partial charge in [0, 0.05) is 13.1 Å². The normalized spacial score (nSPS) is 13.8. The predicted molar refractivity (Wildman–Crippen MR) is 275 cm³/mol. The molecule has 0 aromatic heterocycles. The molecular weight excluding hydrogens is 1100 g/mol. The van der Waals surface area contributed by atoms with E-state index in [1.54, 1.807) is 12.1 Å². The number of rotatable bonds is 21. The van der Waals surface area contributed by atoms with Crippen LogP contribution in [0.25, 0.3) is 0 Å². The van der Waals surface area contributed by atoms with Crippen molar-refractivity contribution in [2.45, 2.75) is 56.8 Å². The van der Waals surface area contributed by atoms with Gasteiger partial charge in [-0.3, -0.25) is 19.2 Å². The second-order valence-corrected chi connectivity index (χ2v) is 17.7. The van der Waals surface area contributed by atoms with Crippen LogP contribution >= 0.6 is 0 Å².